The fourth-order valence-corrected chi connectivity index (χ4v) is 2.50. The van der Waals surface area contributed by atoms with E-state index >= 15 is 0 Å². The van der Waals surface area contributed by atoms with Crippen LogP contribution in [0.5, 0.6) is 0 Å². The van der Waals surface area contributed by atoms with Crippen molar-refractivity contribution < 1.29 is 0 Å². The molecule has 0 amide bonds. The van der Waals surface area contributed by atoms with E-state index in [1.54, 1.807) is 0 Å². The molecular formula is C16H29N5. The van der Waals surface area contributed by atoms with Crippen LogP contribution in [0.25, 0.3) is 0 Å². The second-order valence-electron chi connectivity index (χ2n) is 5.83. The Morgan fingerprint density at radius 1 is 1.19 bits per heavy atom. The van der Waals surface area contributed by atoms with E-state index in [9.17, 15) is 0 Å². The van der Waals surface area contributed by atoms with Gasteiger partial charge in [0, 0.05) is 31.1 Å². The summed E-state index contributed by atoms with van der Waals surface area (Å²) in [5.74, 6) is 3.45. The normalized spacial score (nSPS) is 16.0. The van der Waals surface area contributed by atoms with Gasteiger partial charge in [0.1, 0.15) is 17.5 Å². The highest BCUT2D eigenvalue weighted by Crippen LogP contribution is 2.38. The Kier molecular flexibility index (Phi) is 5.79. The molecule has 1 unspecified atom stereocenters. The molecule has 0 bridgehead atoms. The largest absolute Gasteiger partial charge is 0.370 e. The highest BCUT2D eigenvalue weighted by atomic mass is 15.2. The van der Waals surface area contributed by atoms with Crippen LogP contribution in [0.1, 0.15) is 52.3 Å². The molecule has 2 rings (SSSR count). The van der Waals surface area contributed by atoms with Crippen LogP contribution in [0.3, 0.4) is 0 Å². The predicted octanol–water partition coefficient (Wildman–Crippen LogP) is 2.93. The van der Waals surface area contributed by atoms with Crippen LogP contribution in [0.4, 0.5) is 11.6 Å². The minimum Gasteiger partial charge on any atom is -0.370 e. The summed E-state index contributed by atoms with van der Waals surface area (Å²) in [7, 11) is 0. The van der Waals surface area contributed by atoms with Crippen molar-refractivity contribution >= 4 is 11.6 Å². The molecular weight excluding hydrogens is 262 g/mol. The predicted molar refractivity (Wildman–Crippen MR) is 89.0 cm³/mol. The van der Waals surface area contributed by atoms with E-state index in [4.69, 9.17) is 4.98 Å². The fourth-order valence-electron chi connectivity index (χ4n) is 2.50. The standard InChI is InChI=1S/C16H29N5/c1-5-17-14-10-15(20-16(19-14)13-8-9-13)18-12(4)11-21(6-2)7-3/h10,12-13H,5-9,11H2,1-4H3,(H2,17,18,19,20). The molecule has 1 aliphatic rings. The summed E-state index contributed by atoms with van der Waals surface area (Å²) in [6, 6.07) is 2.40. The van der Waals surface area contributed by atoms with Gasteiger partial charge >= 0.3 is 0 Å². The third-order valence-corrected chi connectivity index (χ3v) is 3.86. The number of anilines is 2. The number of hydrogen-bond acceptors (Lipinski definition) is 5. The average molecular weight is 291 g/mol. The number of likely N-dealkylation sites (N-methyl/N-ethyl adjacent to an activating group) is 1. The molecule has 1 heterocycles. The molecule has 1 aromatic heterocycles. The Morgan fingerprint density at radius 2 is 1.86 bits per heavy atom. The summed E-state index contributed by atoms with van der Waals surface area (Å²) >= 11 is 0. The smallest absolute Gasteiger partial charge is 0.136 e. The molecule has 1 atom stereocenters. The van der Waals surface area contributed by atoms with Crippen LogP contribution >= 0.6 is 0 Å². The third-order valence-electron chi connectivity index (χ3n) is 3.86. The Labute approximate surface area is 128 Å². The van der Waals surface area contributed by atoms with Gasteiger partial charge in [0.25, 0.3) is 0 Å². The van der Waals surface area contributed by atoms with Gasteiger partial charge in [-0.25, -0.2) is 9.97 Å². The second kappa shape index (κ2) is 7.59. The van der Waals surface area contributed by atoms with E-state index in [1.165, 1.54) is 12.8 Å². The van der Waals surface area contributed by atoms with Crippen molar-refractivity contribution in [2.75, 3.05) is 36.8 Å². The van der Waals surface area contributed by atoms with Gasteiger partial charge in [-0.1, -0.05) is 13.8 Å². The Bertz CT molecular complexity index is 440. The zero-order valence-electron chi connectivity index (χ0n) is 13.8. The number of hydrogen-bond donors (Lipinski definition) is 2. The van der Waals surface area contributed by atoms with Crippen molar-refractivity contribution in [3.8, 4) is 0 Å². The summed E-state index contributed by atoms with van der Waals surface area (Å²) < 4.78 is 0. The van der Waals surface area contributed by atoms with Crippen LogP contribution < -0.4 is 10.6 Å². The molecule has 1 saturated carbocycles. The van der Waals surface area contributed by atoms with Gasteiger partial charge in [-0.05, 0) is 39.8 Å². The maximum Gasteiger partial charge on any atom is 0.136 e. The first kappa shape index (κ1) is 16.0. The average Bonchev–Trinajstić information content (AvgIpc) is 3.29. The maximum atomic E-state index is 4.70. The summed E-state index contributed by atoms with van der Waals surface area (Å²) in [4.78, 5) is 11.7. The van der Waals surface area contributed by atoms with Crippen molar-refractivity contribution in [3.05, 3.63) is 11.9 Å². The van der Waals surface area contributed by atoms with Crippen molar-refractivity contribution in [1.82, 2.24) is 14.9 Å². The third kappa shape index (κ3) is 4.84. The lowest BCUT2D eigenvalue weighted by molar-refractivity contribution is 0.294. The van der Waals surface area contributed by atoms with Crippen LogP contribution in [0.2, 0.25) is 0 Å². The lowest BCUT2D eigenvalue weighted by Crippen LogP contribution is -2.35. The highest BCUT2D eigenvalue weighted by molar-refractivity contribution is 5.48. The fraction of sp³-hybridized carbons (Fsp3) is 0.750. The van der Waals surface area contributed by atoms with Crippen LogP contribution in [-0.2, 0) is 0 Å². The number of aromatic nitrogens is 2. The molecule has 1 fully saturated rings. The van der Waals surface area contributed by atoms with E-state index < -0.39 is 0 Å². The molecule has 5 nitrogen and oxygen atoms in total. The first-order chi connectivity index (χ1) is 10.2. The summed E-state index contributed by atoms with van der Waals surface area (Å²) in [5.41, 5.74) is 0. The molecule has 0 spiro atoms. The Balaban J connectivity index is 2.03. The molecule has 21 heavy (non-hydrogen) atoms. The molecule has 0 aliphatic heterocycles. The van der Waals surface area contributed by atoms with E-state index in [2.05, 4.69) is 48.2 Å². The van der Waals surface area contributed by atoms with E-state index in [0.717, 1.165) is 43.6 Å². The molecule has 0 saturated heterocycles. The SMILES string of the molecule is CCNc1cc(NC(C)CN(CC)CC)nc(C2CC2)n1. The first-order valence-corrected chi connectivity index (χ1v) is 8.27. The zero-order valence-corrected chi connectivity index (χ0v) is 13.8. The van der Waals surface area contributed by atoms with Crippen LogP contribution in [0, 0.1) is 0 Å². The van der Waals surface area contributed by atoms with Crippen molar-refractivity contribution in [1.29, 1.82) is 0 Å². The van der Waals surface area contributed by atoms with E-state index in [0.29, 0.717) is 12.0 Å². The highest BCUT2D eigenvalue weighted by Gasteiger charge is 2.27. The lowest BCUT2D eigenvalue weighted by Gasteiger charge is -2.24. The monoisotopic (exact) mass is 291 g/mol. The van der Waals surface area contributed by atoms with Crippen LogP contribution in [0.15, 0.2) is 6.07 Å². The summed E-state index contributed by atoms with van der Waals surface area (Å²) in [6.45, 7) is 12.8. The van der Waals surface area contributed by atoms with Gasteiger partial charge in [0.2, 0.25) is 0 Å². The quantitative estimate of drug-likeness (QED) is 0.732. The van der Waals surface area contributed by atoms with E-state index in [1.807, 2.05) is 6.07 Å². The lowest BCUT2D eigenvalue weighted by atomic mass is 10.3. The first-order valence-electron chi connectivity index (χ1n) is 8.27. The molecule has 0 radical (unpaired) electrons. The Hall–Kier alpha value is -1.36. The number of rotatable bonds is 9. The molecule has 2 N–H and O–H groups in total. The van der Waals surface area contributed by atoms with Crippen molar-refractivity contribution in [2.24, 2.45) is 0 Å². The van der Waals surface area contributed by atoms with Gasteiger partial charge in [0.15, 0.2) is 0 Å². The Morgan fingerprint density at radius 3 is 2.43 bits per heavy atom. The summed E-state index contributed by atoms with van der Waals surface area (Å²) in [5, 5.41) is 6.84. The van der Waals surface area contributed by atoms with Crippen LogP contribution in [-0.4, -0.2) is 47.1 Å². The zero-order chi connectivity index (χ0) is 15.2. The maximum absolute atomic E-state index is 4.70. The van der Waals surface area contributed by atoms with Gasteiger partial charge in [0.05, 0.1) is 0 Å². The van der Waals surface area contributed by atoms with Crippen molar-refractivity contribution in [3.63, 3.8) is 0 Å². The topological polar surface area (TPSA) is 53.1 Å². The van der Waals surface area contributed by atoms with E-state index in [-0.39, 0.29) is 0 Å². The number of nitrogens with zero attached hydrogens (tertiary/aromatic N) is 3. The molecule has 118 valence electrons. The van der Waals surface area contributed by atoms with Gasteiger partial charge in [-0.15, -0.1) is 0 Å². The van der Waals surface area contributed by atoms with Gasteiger partial charge in [-0.3, -0.25) is 0 Å². The molecule has 0 aromatic carbocycles. The minimum absolute atomic E-state index is 0.376. The van der Waals surface area contributed by atoms with Gasteiger partial charge in [-0.2, -0.15) is 0 Å². The molecule has 1 aromatic rings. The number of nitrogens with one attached hydrogen (secondary N) is 2. The molecule has 1 aliphatic carbocycles. The van der Waals surface area contributed by atoms with Crippen molar-refractivity contribution in [2.45, 2.75) is 52.5 Å². The second-order valence-corrected chi connectivity index (χ2v) is 5.83. The molecule has 5 heteroatoms. The minimum atomic E-state index is 0.376. The summed E-state index contributed by atoms with van der Waals surface area (Å²) in [6.07, 6.45) is 2.45. The van der Waals surface area contributed by atoms with Gasteiger partial charge < -0.3 is 15.5 Å².